The van der Waals surface area contributed by atoms with Crippen LogP contribution in [0.3, 0.4) is 0 Å². The zero-order valence-electron chi connectivity index (χ0n) is 12.4. The van der Waals surface area contributed by atoms with Gasteiger partial charge < -0.3 is 10.1 Å². The Morgan fingerprint density at radius 3 is 2.45 bits per heavy atom. The SMILES string of the molecule is CCCNC1CCN(S(=O)(=O)NC(=O)OC(C)C)CC1. The van der Waals surface area contributed by atoms with Gasteiger partial charge in [0.05, 0.1) is 6.10 Å². The van der Waals surface area contributed by atoms with E-state index < -0.39 is 16.3 Å². The Morgan fingerprint density at radius 2 is 1.95 bits per heavy atom. The summed E-state index contributed by atoms with van der Waals surface area (Å²) in [7, 11) is -3.79. The van der Waals surface area contributed by atoms with Gasteiger partial charge in [0.2, 0.25) is 0 Å². The van der Waals surface area contributed by atoms with E-state index in [1.165, 1.54) is 4.31 Å². The summed E-state index contributed by atoms with van der Waals surface area (Å²) in [5.41, 5.74) is 0. The molecular weight excluding hydrogens is 282 g/mol. The van der Waals surface area contributed by atoms with Gasteiger partial charge >= 0.3 is 16.3 Å². The lowest BCUT2D eigenvalue weighted by molar-refractivity contribution is 0.120. The number of carbonyl (C=O) groups excluding carboxylic acids is 1. The first-order valence-corrected chi connectivity index (χ1v) is 8.51. The summed E-state index contributed by atoms with van der Waals surface area (Å²) >= 11 is 0. The molecule has 2 N–H and O–H groups in total. The highest BCUT2D eigenvalue weighted by molar-refractivity contribution is 7.87. The van der Waals surface area contributed by atoms with E-state index in [-0.39, 0.29) is 6.10 Å². The van der Waals surface area contributed by atoms with Gasteiger partial charge in [-0.05, 0) is 39.7 Å². The second-order valence-electron chi connectivity index (χ2n) is 5.19. The quantitative estimate of drug-likeness (QED) is 0.759. The molecule has 0 atom stereocenters. The van der Waals surface area contributed by atoms with Crippen LogP contribution in [0, 0.1) is 0 Å². The Balaban J connectivity index is 2.44. The van der Waals surface area contributed by atoms with E-state index in [2.05, 4.69) is 12.2 Å². The summed E-state index contributed by atoms with van der Waals surface area (Å²) < 4.78 is 32.0. The highest BCUT2D eigenvalue weighted by Gasteiger charge is 2.29. The fourth-order valence-electron chi connectivity index (χ4n) is 2.06. The smallest absolute Gasteiger partial charge is 0.422 e. The van der Waals surface area contributed by atoms with Gasteiger partial charge in [-0.1, -0.05) is 6.92 Å². The molecule has 1 fully saturated rings. The van der Waals surface area contributed by atoms with Crippen molar-refractivity contribution >= 4 is 16.3 Å². The number of ether oxygens (including phenoxy) is 1. The molecular formula is C12H25N3O4S. The average Bonchev–Trinajstić information content (AvgIpc) is 2.35. The maximum atomic E-state index is 12.0. The van der Waals surface area contributed by atoms with Crippen LogP contribution in [0.1, 0.15) is 40.0 Å². The first kappa shape index (κ1) is 17.2. The van der Waals surface area contributed by atoms with E-state index in [1.54, 1.807) is 13.8 Å². The van der Waals surface area contributed by atoms with Crippen LogP contribution >= 0.6 is 0 Å². The number of nitrogens with zero attached hydrogens (tertiary/aromatic N) is 1. The normalized spacial score (nSPS) is 18.2. The number of carbonyl (C=O) groups is 1. The lowest BCUT2D eigenvalue weighted by atomic mass is 10.1. The summed E-state index contributed by atoms with van der Waals surface area (Å²) in [5, 5.41) is 3.38. The highest BCUT2D eigenvalue weighted by atomic mass is 32.2. The molecule has 1 heterocycles. The molecule has 0 radical (unpaired) electrons. The van der Waals surface area contributed by atoms with Crippen LogP contribution in [0.2, 0.25) is 0 Å². The first-order chi connectivity index (χ1) is 9.35. The minimum Gasteiger partial charge on any atom is -0.446 e. The maximum absolute atomic E-state index is 12.0. The van der Waals surface area contributed by atoms with Crippen LogP contribution in [0.15, 0.2) is 0 Å². The molecule has 0 spiro atoms. The zero-order chi connectivity index (χ0) is 15.2. The standard InChI is InChI=1S/C12H25N3O4S/c1-4-7-13-11-5-8-15(9-6-11)20(17,18)14-12(16)19-10(2)3/h10-11,13H,4-9H2,1-3H3,(H,14,16). The third kappa shape index (κ3) is 5.64. The molecule has 1 saturated heterocycles. The maximum Gasteiger partial charge on any atom is 0.422 e. The van der Waals surface area contributed by atoms with Crippen molar-refractivity contribution in [1.29, 1.82) is 0 Å². The number of nitrogens with one attached hydrogen (secondary N) is 2. The van der Waals surface area contributed by atoms with Gasteiger partial charge in [0.15, 0.2) is 0 Å². The molecule has 0 aromatic heterocycles. The van der Waals surface area contributed by atoms with Crippen LogP contribution in [-0.2, 0) is 14.9 Å². The first-order valence-electron chi connectivity index (χ1n) is 7.07. The molecule has 7 nitrogen and oxygen atoms in total. The minimum absolute atomic E-state index is 0.351. The van der Waals surface area contributed by atoms with Crippen LogP contribution in [0.4, 0.5) is 4.79 Å². The zero-order valence-corrected chi connectivity index (χ0v) is 13.2. The van der Waals surface area contributed by atoms with Crippen LogP contribution in [-0.4, -0.2) is 50.6 Å². The summed E-state index contributed by atoms with van der Waals surface area (Å²) in [4.78, 5) is 11.4. The third-order valence-electron chi connectivity index (χ3n) is 3.03. The molecule has 0 aromatic rings. The van der Waals surface area contributed by atoms with Crippen molar-refractivity contribution in [3.8, 4) is 0 Å². The van der Waals surface area contributed by atoms with E-state index in [0.717, 1.165) is 25.8 Å². The molecule has 20 heavy (non-hydrogen) atoms. The Bertz CT molecular complexity index is 403. The highest BCUT2D eigenvalue weighted by Crippen LogP contribution is 2.13. The second-order valence-corrected chi connectivity index (χ2v) is 6.86. The van der Waals surface area contributed by atoms with Gasteiger partial charge in [-0.2, -0.15) is 12.7 Å². The third-order valence-corrected chi connectivity index (χ3v) is 4.50. The van der Waals surface area contributed by atoms with E-state index >= 15 is 0 Å². The second kappa shape index (κ2) is 7.80. The topological polar surface area (TPSA) is 87.7 Å². The summed E-state index contributed by atoms with van der Waals surface area (Å²) in [6, 6.07) is 0.351. The predicted molar refractivity (Wildman–Crippen MR) is 76.6 cm³/mol. The Labute approximate surface area is 121 Å². The van der Waals surface area contributed by atoms with E-state index in [0.29, 0.717) is 19.1 Å². The summed E-state index contributed by atoms with van der Waals surface area (Å²) in [6.07, 6.45) is 1.28. The Kier molecular flexibility index (Phi) is 6.70. The molecule has 0 aromatic carbocycles. The predicted octanol–water partition coefficient (Wildman–Crippen LogP) is 0.830. The van der Waals surface area contributed by atoms with Gasteiger partial charge in [-0.15, -0.1) is 0 Å². The van der Waals surface area contributed by atoms with E-state index in [1.807, 2.05) is 4.72 Å². The molecule has 0 aliphatic carbocycles. The van der Waals surface area contributed by atoms with E-state index in [4.69, 9.17) is 4.74 Å². The van der Waals surface area contributed by atoms with Crippen molar-refractivity contribution in [1.82, 2.24) is 14.3 Å². The number of piperidine rings is 1. The Morgan fingerprint density at radius 1 is 1.35 bits per heavy atom. The number of amides is 1. The molecule has 0 bridgehead atoms. The van der Waals surface area contributed by atoms with Crippen molar-refractivity contribution in [3.63, 3.8) is 0 Å². The molecule has 8 heteroatoms. The lowest BCUT2D eigenvalue weighted by Gasteiger charge is -2.31. The fourth-order valence-corrected chi connectivity index (χ4v) is 3.14. The fraction of sp³-hybridized carbons (Fsp3) is 0.917. The largest absolute Gasteiger partial charge is 0.446 e. The van der Waals surface area contributed by atoms with Gasteiger partial charge in [0.1, 0.15) is 0 Å². The summed E-state index contributed by atoms with van der Waals surface area (Å²) in [5.74, 6) is 0. The molecule has 0 saturated carbocycles. The van der Waals surface area contributed by atoms with Crippen molar-refractivity contribution < 1.29 is 17.9 Å². The number of hydrogen-bond acceptors (Lipinski definition) is 5. The Hall–Kier alpha value is -0.860. The molecule has 1 aliphatic heterocycles. The van der Waals surface area contributed by atoms with Gasteiger partial charge in [0, 0.05) is 19.1 Å². The van der Waals surface area contributed by atoms with Crippen molar-refractivity contribution in [3.05, 3.63) is 0 Å². The van der Waals surface area contributed by atoms with Crippen molar-refractivity contribution in [2.24, 2.45) is 0 Å². The molecule has 118 valence electrons. The van der Waals surface area contributed by atoms with E-state index in [9.17, 15) is 13.2 Å². The number of rotatable bonds is 6. The average molecular weight is 307 g/mol. The van der Waals surface area contributed by atoms with Crippen molar-refractivity contribution in [2.75, 3.05) is 19.6 Å². The van der Waals surface area contributed by atoms with Crippen LogP contribution < -0.4 is 10.0 Å². The monoisotopic (exact) mass is 307 g/mol. The molecule has 0 unspecified atom stereocenters. The van der Waals surface area contributed by atoms with Crippen LogP contribution in [0.25, 0.3) is 0 Å². The summed E-state index contributed by atoms with van der Waals surface area (Å²) in [6.45, 7) is 7.18. The van der Waals surface area contributed by atoms with Gasteiger partial charge in [-0.25, -0.2) is 9.52 Å². The minimum atomic E-state index is -3.79. The van der Waals surface area contributed by atoms with Gasteiger partial charge in [0.25, 0.3) is 0 Å². The van der Waals surface area contributed by atoms with Crippen LogP contribution in [0.5, 0.6) is 0 Å². The molecule has 1 rings (SSSR count). The van der Waals surface area contributed by atoms with Gasteiger partial charge in [-0.3, -0.25) is 0 Å². The van der Waals surface area contributed by atoms with Crippen molar-refractivity contribution in [2.45, 2.75) is 52.2 Å². The molecule has 1 aliphatic rings. The molecule has 1 amide bonds. The number of hydrogen-bond donors (Lipinski definition) is 2. The lowest BCUT2D eigenvalue weighted by Crippen LogP contribution is -2.50.